The average molecular weight is 499 g/mol. The first-order valence-corrected chi connectivity index (χ1v) is 13.7. The molecule has 3 unspecified atom stereocenters. The molecule has 0 rings (SSSR count). The molecule has 0 aliphatic carbocycles. The van der Waals surface area contributed by atoms with Gasteiger partial charge in [-0.3, -0.25) is 14.4 Å². The Balaban J connectivity index is 4.74. The molecule has 0 saturated carbocycles. The van der Waals surface area contributed by atoms with E-state index >= 15 is 0 Å². The van der Waals surface area contributed by atoms with Crippen LogP contribution in [0.25, 0.3) is 0 Å². The first-order valence-electron chi connectivity index (χ1n) is 13.7. The van der Waals surface area contributed by atoms with Gasteiger partial charge in [0.25, 0.3) is 0 Å². The molecule has 7 heteroatoms. The summed E-state index contributed by atoms with van der Waals surface area (Å²) in [6.07, 6.45) is 18.7. The average Bonchev–Trinajstić information content (AvgIpc) is 2.78. The minimum atomic E-state index is -0.942. The van der Waals surface area contributed by atoms with E-state index in [4.69, 9.17) is 0 Å². The van der Waals surface area contributed by atoms with Gasteiger partial charge in [0.2, 0.25) is 0 Å². The lowest BCUT2D eigenvalue weighted by molar-refractivity contribution is -0.934. The maximum Gasteiger partial charge on any atom is 0.311 e. The zero-order chi connectivity index (χ0) is 26.7. The molecule has 0 fully saturated rings. The summed E-state index contributed by atoms with van der Waals surface area (Å²) in [6.45, 7) is 8.36. The summed E-state index contributed by atoms with van der Waals surface area (Å²) in [5.41, 5.74) is 0. The molecule has 0 heterocycles. The van der Waals surface area contributed by atoms with Crippen LogP contribution in [0.4, 0.5) is 0 Å². The van der Waals surface area contributed by atoms with Crippen molar-refractivity contribution < 1.29 is 34.2 Å². The van der Waals surface area contributed by atoms with Gasteiger partial charge in [0.1, 0.15) is 17.8 Å². The second-order valence-corrected chi connectivity index (χ2v) is 10.6. The third-order valence-electron chi connectivity index (χ3n) is 6.89. The lowest BCUT2D eigenvalue weighted by atomic mass is 10.0. The van der Waals surface area contributed by atoms with Crippen LogP contribution >= 0.6 is 0 Å². The van der Waals surface area contributed by atoms with Crippen LogP contribution in [0.15, 0.2) is 12.2 Å². The SMILES string of the molecule is CCCCCCCCCC/C=C/CCCC[N+](CC(C)C(=O)O)(CC(C)C(=O)O)CC(C)C(=O)O. The lowest BCUT2D eigenvalue weighted by Crippen LogP contribution is -2.57. The van der Waals surface area contributed by atoms with Gasteiger partial charge in [0.05, 0.1) is 26.2 Å². The van der Waals surface area contributed by atoms with Crippen LogP contribution in [0.2, 0.25) is 0 Å². The minimum Gasteiger partial charge on any atom is -0.481 e. The molecule has 0 aliphatic rings. The number of carbonyl (C=O) groups is 3. The van der Waals surface area contributed by atoms with Crippen LogP contribution in [0, 0.1) is 17.8 Å². The Kier molecular flexibility index (Phi) is 18.3. The number of nitrogens with zero attached hydrogens (tertiary/aromatic N) is 1. The van der Waals surface area contributed by atoms with Crippen LogP contribution in [0.1, 0.15) is 105 Å². The van der Waals surface area contributed by atoms with E-state index < -0.39 is 35.7 Å². The fraction of sp³-hybridized carbons (Fsp3) is 0.821. The summed E-state index contributed by atoms with van der Waals surface area (Å²) in [5, 5.41) is 28.4. The van der Waals surface area contributed by atoms with Gasteiger partial charge in [-0.25, -0.2) is 0 Å². The summed E-state index contributed by atoms with van der Waals surface area (Å²) >= 11 is 0. The van der Waals surface area contributed by atoms with Crippen LogP contribution < -0.4 is 0 Å². The molecule has 35 heavy (non-hydrogen) atoms. The number of aliphatic carboxylic acids is 3. The number of carboxylic acid groups (broad SMARTS) is 3. The smallest absolute Gasteiger partial charge is 0.311 e. The first-order chi connectivity index (χ1) is 16.5. The Morgan fingerprint density at radius 2 is 0.943 bits per heavy atom. The molecule has 3 N–H and O–H groups in total. The number of quaternary nitrogens is 1. The second kappa shape index (κ2) is 19.3. The number of hydrogen-bond acceptors (Lipinski definition) is 3. The predicted molar refractivity (Wildman–Crippen MR) is 140 cm³/mol. The van der Waals surface area contributed by atoms with E-state index in [9.17, 15) is 29.7 Å². The second-order valence-electron chi connectivity index (χ2n) is 10.6. The highest BCUT2D eigenvalue weighted by Crippen LogP contribution is 2.22. The van der Waals surface area contributed by atoms with Crippen LogP contribution in [-0.4, -0.2) is 63.9 Å². The summed E-state index contributed by atoms with van der Waals surface area (Å²) in [5.74, 6) is -4.86. The van der Waals surface area contributed by atoms with Crippen molar-refractivity contribution in [2.75, 3.05) is 26.2 Å². The first kappa shape index (κ1) is 33.1. The van der Waals surface area contributed by atoms with E-state index in [2.05, 4.69) is 19.1 Å². The van der Waals surface area contributed by atoms with Crippen molar-refractivity contribution in [2.24, 2.45) is 17.8 Å². The van der Waals surface area contributed by atoms with Gasteiger partial charge in [-0.05, 0) is 52.9 Å². The molecular formula is C28H52NO6+. The standard InChI is InChI=1S/C28H51NO6/c1-5-6-7-8-9-10-11-12-13-14-15-16-17-18-19-29(20-23(2)26(30)31,21-24(3)27(32)33)22-25(4)28(34)35/h14-15,23-25H,5-13,16-22H2,1-4H3,(H2-,30,31,32,33,34,35)/p+1/b15-14+. The van der Waals surface area contributed by atoms with Crippen molar-refractivity contribution in [3.63, 3.8) is 0 Å². The Labute approximate surface area is 213 Å². The molecule has 0 aromatic rings. The predicted octanol–water partition coefficient (Wildman–Crippen LogP) is 6.22. The minimum absolute atomic E-state index is 0.205. The van der Waals surface area contributed by atoms with Gasteiger partial charge in [-0.1, -0.05) is 64.0 Å². The molecule has 0 aromatic carbocycles. The third kappa shape index (κ3) is 16.4. The van der Waals surface area contributed by atoms with Crippen molar-refractivity contribution >= 4 is 17.9 Å². The molecule has 204 valence electrons. The van der Waals surface area contributed by atoms with E-state index in [1.165, 1.54) is 51.4 Å². The van der Waals surface area contributed by atoms with E-state index in [0.29, 0.717) is 6.54 Å². The number of hydrogen-bond donors (Lipinski definition) is 3. The van der Waals surface area contributed by atoms with E-state index in [-0.39, 0.29) is 24.1 Å². The largest absolute Gasteiger partial charge is 0.481 e. The molecule has 3 atom stereocenters. The maximum atomic E-state index is 11.6. The van der Waals surface area contributed by atoms with E-state index in [1.54, 1.807) is 20.8 Å². The van der Waals surface area contributed by atoms with Crippen LogP contribution in [0.3, 0.4) is 0 Å². The van der Waals surface area contributed by atoms with Crippen molar-refractivity contribution in [1.29, 1.82) is 0 Å². The zero-order valence-corrected chi connectivity index (χ0v) is 22.7. The summed E-state index contributed by atoms with van der Waals surface area (Å²) in [6, 6.07) is 0. The van der Waals surface area contributed by atoms with Gasteiger partial charge >= 0.3 is 17.9 Å². The third-order valence-corrected chi connectivity index (χ3v) is 6.89. The van der Waals surface area contributed by atoms with E-state index in [1.807, 2.05) is 0 Å². The Morgan fingerprint density at radius 1 is 0.600 bits per heavy atom. The van der Waals surface area contributed by atoms with Gasteiger partial charge in [0, 0.05) is 0 Å². The molecule has 0 aromatic heterocycles. The summed E-state index contributed by atoms with van der Waals surface area (Å²) in [7, 11) is 0. The number of carboxylic acids is 3. The molecule has 7 nitrogen and oxygen atoms in total. The molecule has 0 amide bonds. The van der Waals surface area contributed by atoms with Crippen LogP contribution in [-0.2, 0) is 14.4 Å². The van der Waals surface area contributed by atoms with E-state index in [0.717, 1.165) is 25.7 Å². The van der Waals surface area contributed by atoms with Crippen molar-refractivity contribution in [2.45, 2.75) is 105 Å². The molecule has 0 spiro atoms. The normalized spacial score (nSPS) is 16.0. The van der Waals surface area contributed by atoms with Crippen molar-refractivity contribution in [1.82, 2.24) is 0 Å². The lowest BCUT2D eigenvalue weighted by Gasteiger charge is -2.42. The van der Waals surface area contributed by atoms with Gasteiger partial charge < -0.3 is 19.8 Å². The summed E-state index contributed by atoms with van der Waals surface area (Å²) in [4.78, 5) is 34.7. The Bertz CT molecular complexity index is 578. The van der Waals surface area contributed by atoms with Crippen molar-refractivity contribution in [3.05, 3.63) is 12.2 Å². The fourth-order valence-electron chi connectivity index (χ4n) is 4.82. The quantitative estimate of drug-likeness (QED) is 0.0875. The topological polar surface area (TPSA) is 112 Å². The molecular weight excluding hydrogens is 446 g/mol. The van der Waals surface area contributed by atoms with Gasteiger partial charge in [-0.2, -0.15) is 0 Å². The van der Waals surface area contributed by atoms with Crippen LogP contribution in [0.5, 0.6) is 0 Å². The maximum absolute atomic E-state index is 11.6. The number of allylic oxidation sites excluding steroid dienone is 2. The molecule has 0 bridgehead atoms. The summed E-state index contributed by atoms with van der Waals surface area (Å²) < 4.78 is 0.205. The number of rotatable bonds is 23. The zero-order valence-electron chi connectivity index (χ0n) is 22.7. The van der Waals surface area contributed by atoms with Crippen molar-refractivity contribution in [3.8, 4) is 0 Å². The Hall–Kier alpha value is -1.89. The highest BCUT2D eigenvalue weighted by atomic mass is 16.4. The molecule has 0 radical (unpaired) electrons. The number of unbranched alkanes of at least 4 members (excludes halogenated alkanes) is 10. The highest BCUT2D eigenvalue weighted by Gasteiger charge is 2.38. The highest BCUT2D eigenvalue weighted by molar-refractivity contribution is 5.70. The van der Waals surface area contributed by atoms with Gasteiger partial charge in [0.15, 0.2) is 0 Å². The monoisotopic (exact) mass is 498 g/mol. The molecule has 0 aliphatic heterocycles. The molecule has 0 saturated heterocycles. The Morgan fingerprint density at radius 3 is 1.31 bits per heavy atom. The van der Waals surface area contributed by atoms with Gasteiger partial charge in [-0.15, -0.1) is 0 Å². The fourth-order valence-corrected chi connectivity index (χ4v) is 4.82.